The number of rotatable bonds is 8. The molecule has 0 aliphatic carbocycles. The van der Waals surface area contributed by atoms with Gasteiger partial charge in [-0.2, -0.15) is 5.10 Å². The standard InChI is InChI=1S/C14H26BrN3O/c1-6-8-18-13(11(15)9-17-18)12(16-5)14(10(3)4)19-7-2/h9-10,12,14,16H,6-8H2,1-5H3. The van der Waals surface area contributed by atoms with E-state index >= 15 is 0 Å². The fourth-order valence-corrected chi connectivity index (χ4v) is 2.94. The molecule has 19 heavy (non-hydrogen) atoms. The van der Waals surface area contributed by atoms with Crippen LogP contribution in [-0.4, -0.2) is 29.5 Å². The topological polar surface area (TPSA) is 39.1 Å². The highest BCUT2D eigenvalue weighted by Crippen LogP contribution is 2.30. The van der Waals surface area contributed by atoms with Gasteiger partial charge in [-0.1, -0.05) is 20.8 Å². The number of hydrogen-bond acceptors (Lipinski definition) is 3. The van der Waals surface area contributed by atoms with Crippen molar-refractivity contribution in [1.82, 2.24) is 15.1 Å². The van der Waals surface area contributed by atoms with Crippen molar-refractivity contribution in [2.45, 2.75) is 52.8 Å². The Morgan fingerprint density at radius 1 is 1.42 bits per heavy atom. The molecule has 0 aromatic carbocycles. The molecule has 0 amide bonds. The Labute approximate surface area is 125 Å². The number of ether oxygens (including phenoxy) is 1. The number of nitrogens with one attached hydrogen (secondary N) is 1. The molecule has 4 nitrogen and oxygen atoms in total. The minimum Gasteiger partial charge on any atom is -0.376 e. The van der Waals surface area contributed by atoms with Crippen LogP contribution in [0.4, 0.5) is 0 Å². The summed E-state index contributed by atoms with van der Waals surface area (Å²) in [6.07, 6.45) is 3.08. The summed E-state index contributed by atoms with van der Waals surface area (Å²) < 4.78 is 9.06. The van der Waals surface area contributed by atoms with Crippen molar-refractivity contribution in [3.63, 3.8) is 0 Å². The molecule has 0 radical (unpaired) electrons. The molecule has 1 aromatic rings. The smallest absolute Gasteiger partial charge is 0.0807 e. The Kier molecular flexibility index (Phi) is 7.04. The van der Waals surface area contributed by atoms with Gasteiger partial charge in [-0.3, -0.25) is 4.68 Å². The van der Waals surface area contributed by atoms with Gasteiger partial charge >= 0.3 is 0 Å². The van der Waals surface area contributed by atoms with Crippen molar-refractivity contribution in [3.05, 3.63) is 16.4 Å². The summed E-state index contributed by atoms with van der Waals surface area (Å²) in [5.41, 5.74) is 1.18. The lowest BCUT2D eigenvalue weighted by Gasteiger charge is -2.30. The summed E-state index contributed by atoms with van der Waals surface area (Å²) in [5, 5.41) is 7.84. The summed E-state index contributed by atoms with van der Waals surface area (Å²) in [4.78, 5) is 0. The van der Waals surface area contributed by atoms with Crippen LogP contribution in [0, 0.1) is 5.92 Å². The van der Waals surface area contributed by atoms with Gasteiger partial charge in [0.25, 0.3) is 0 Å². The van der Waals surface area contributed by atoms with Gasteiger partial charge in [0.05, 0.1) is 28.5 Å². The number of halogens is 1. The normalized spacial score (nSPS) is 14.9. The van der Waals surface area contributed by atoms with E-state index in [0.717, 1.165) is 24.0 Å². The van der Waals surface area contributed by atoms with Crippen LogP contribution in [0.25, 0.3) is 0 Å². The van der Waals surface area contributed by atoms with Crippen LogP contribution in [0.15, 0.2) is 10.7 Å². The summed E-state index contributed by atoms with van der Waals surface area (Å²) >= 11 is 3.62. The largest absolute Gasteiger partial charge is 0.376 e. The molecular weight excluding hydrogens is 306 g/mol. The molecular formula is C14H26BrN3O. The van der Waals surface area contributed by atoms with Crippen LogP contribution in [0.5, 0.6) is 0 Å². The average Bonchev–Trinajstić information content (AvgIpc) is 2.72. The number of aryl methyl sites for hydroxylation is 1. The number of aromatic nitrogens is 2. The molecule has 1 N–H and O–H groups in total. The maximum Gasteiger partial charge on any atom is 0.0807 e. The summed E-state index contributed by atoms with van der Waals surface area (Å²) in [7, 11) is 1.98. The lowest BCUT2D eigenvalue weighted by molar-refractivity contribution is 0.00236. The SMILES string of the molecule is CCCn1ncc(Br)c1C(NC)C(OCC)C(C)C. The average molecular weight is 332 g/mol. The van der Waals surface area contributed by atoms with Crippen molar-refractivity contribution in [3.8, 4) is 0 Å². The Hall–Kier alpha value is -0.390. The van der Waals surface area contributed by atoms with Crippen molar-refractivity contribution < 1.29 is 4.74 Å². The predicted molar refractivity (Wildman–Crippen MR) is 82.3 cm³/mol. The van der Waals surface area contributed by atoms with Gasteiger partial charge < -0.3 is 10.1 Å². The first-order valence-corrected chi connectivity index (χ1v) is 7.86. The highest BCUT2D eigenvalue weighted by atomic mass is 79.9. The van der Waals surface area contributed by atoms with Gasteiger partial charge in [0.15, 0.2) is 0 Å². The van der Waals surface area contributed by atoms with Crippen LogP contribution < -0.4 is 5.32 Å². The third kappa shape index (κ3) is 4.04. The Morgan fingerprint density at radius 2 is 2.11 bits per heavy atom. The summed E-state index contributed by atoms with van der Waals surface area (Å²) in [6.45, 7) is 10.2. The van der Waals surface area contributed by atoms with Crippen LogP contribution in [0.2, 0.25) is 0 Å². The highest BCUT2D eigenvalue weighted by Gasteiger charge is 2.29. The monoisotopic (exact) mass is 331 g/mol. The summed E-state index contributed by atoms with van der Waals surface area (Å²) in [6, 6.07) is 0.142. The second kappa shape index (κ2) is 8.02. The quantitative estimate of drug-likeness (QED) is 0.793. The van der Waals surface area contributed by atoms with Gasteiger partial charge in [-0.15, -0.1) is 0 Å². The van der Waals surface area contributed by atoms with E-state index < -0.39 is 0 Å². The van der Waals surface area contributed by atoms with Crippen molar-refractivity contribution >= 4 is 15.9 Å². The first-order chi connectivity index (χ1) is 9.06. The first-order valence-electron chi connectivity index (χ1n) is 7.06. The molecule has 0 aliphatic heterocycles. The maximum atomic E-state index is 5.94. The van der Waals surface area contributed by atoms with E-state index in [2.05, 4.69) is 51.8 Å². The third-order valence-corrected chi connectivity index (χ3v) is 3.83. The van der Waals surface area contributed by atoms with Crippen LogP contribution in [0.3, 0.4) is 0 Å². The van der Waals surface area contributed by atoms with Crippen LogP contribution >= 0.6 is 15.9 Å². The zero-order chi connectivity index (χ0) is 14.4. The Morgan fingerprint density at radius 3 is 2.58 bits per heavy atom. The van der Waals surface area contributed by atoms with Gasteiger partial charge in [-0.05, 0) is 42.2 Å². The molecule has 0 saturated carbocycles. The number of nitrogens with zero attached hydrogens (tertiary/aromatic N) is 2. The van der Waals surface area contributed by atoms with E-state index in [1.54, 1.807) is 0 Å². The van der Waals surface area contributed by atoms with Crippen molar-refractivity contribution in [2.24, 2.45) is 5.92 Å². The van der Waals surface area contributed by atoms with Gasteiger partial charge in [0, 0.05) is 13.2 Å². The fraction of sp³-hybridized carbons (Fsp3) is 0.786. The molecule has 0 aliphatic rings. The highest BCUT2D eigenvalue weighted by molar-refractivity contribution is 9.10. The lowest BCUT2D eigenvalue weighted by Crippen LogP contribution is -2.37. The van der Waals surface area contributed by atoms with Crippen molar-refractivity contribution in [1.29, 1.82) is 0 Å². The van der Waals surface area contributed by atoms with E-state index in [-0.39, 0.29) is 12.1 Å². The maximum absolute atomic E-state index is 5.94. The number of hydrogen-bond donors (Lipinski definition) is 1. The predicted octanol–water partition coefficient (Wildman–Crippen LogP) is 3.38. The van der Waals surface area contributed by atoms with Gasteiger partial charge in [0.1, 0.15) is 0 Å². The van der Waals surface area contributed by atoms with Gasteiger partial charge in [-0.25, -0.2) is 0 Å². The summed E-state index contributed by atoms with van der Waals surface area (Å²) in [5.74, 6) is 0.439. The molecule has 1 aromatic heterocycles. The van der Waals surface area contributed by atoms with E-state index in [1.807, 2.05) is 20.2 Å². The number of likely N-dealkylation sites (N-methyl/N-ethyl adjacent to an activating group) is 1. The third-order valence-electron chi connectivity index (χ3n) is 3.22. The molecule has 5 heteroatoms. The fourth-order valence-electron chi connectivity index (χ4n) is 2.39. The molecule has 2 unspecified atom stereocenters. The van der Waals surface area contributed by atoms with E-state index in [0.29, 0.717) is 5.92 Å². The van der Waals surface area contributed by atoms with Crippen LogP contribution in [0.1, 0.15) is 45.9 Å². The molecule has 0 saturated heterocycles. The van der Waals surface area contributed by atoms with Crippen molar-refractivity contribution in [2.75, 3.05) is 13.7 Å². The Bertz CT molecular complexity index is 379. The molecule has 1 rings (SSSR count). The minimum absolute atomic E-state index is 0.138. The molecule has 0 fully saturated rings. The van der Waals surface area contributed by atoms with Gasteiger partial charge in [0.2, 0.25) is 0 Å². The molecule has 2 atom stereocenters. The van der Waals surface area contributed by atoms with E-state index in [9.17, 15) is 0 Å². The molecule has 0 bridgehead atoms. The minimum atomic E-state index is 0.138. The molecule has 1 heterocycles. The second-order valence-electron chi connectivity index (χ2n) is 5.03. The van der Waals surface area contributed by atoms with E-state index in [1.165, 1.54) is 5.69 Å². The lowest BCUT2D eigenvalue weighted by atomic mass is 9.97. The first kappa shape index (κ1) is 16.7. The van der Waals surface area contributed by atoms with Crippen LogP contribution in [-0.2, 0) is 11.3 Å². The second-order valence-corrected chi connectivity index (χ2v) is 5.89. The zero-order valence-corrected chi connectivity index (χ0v) is 14.2. The zero-order valence-electron chi connectivity index (χ0n) is 12.6. The Balaban J connectivity index is 3.09. The molecule has 110 valence electrons. The molecule has 0 spiro atoms. The van der Waals surface area contributed by atoms with E-state index in [4.69, 9.17) is 4.74 Å².